The highest BCUT2D eigenvalue weighted by Gasteiger charge is 2.28. The zero-order valence-corrected chi connectivity index (χ0v) is 11.7. The van der Waals surface area contributed by atoms with Crippen LogP contribution in [0.15, 0.2) is 59.5 Å². The third-order valence-corrected chi connectivity index (χ3v) is 4.92. The van der Waals surface area contributed by atoms with Crippen LogP contribution in [0.5, 0.6) is 0 Å². The fourth-order valence-electron chi connectivity index (χ4n) is 1.89. The zero-order valence-electron chi connectivity index (χ0n) is 10.9. The third kappa shape index (κ3) is 2.93. The fraction of sp³-hybridized carbons (Fsp3) is 0.0667. The van der Waals surface area contributed by atoms with E-state index in [0.29, 0.717) is 5.56 Å². The van der Waals surface area contributed by atoms with E-state index < -0.39 is 21.0 Å². The Balaban J connectivity index is 2.45. The summed E-state index contributed by atoms with van der Waals surface area (Å²) in [6, 6.07) is 15.2. The summed E-state index contributed by atoms with van der Waals surface area (Å²) >= 11 is 0. The van der Waals surface area contributed by atoms with E-state index in [9.17, 15) is 18.5 Å². The number of hydrogen-bond acceptors (Lipinski definition) is 4. The Morgan fingerprint density at radius 1 is 1.05 bits per heavy atom. The normalized spacial score (nSPS) is 12.3. The smallest absolute Gasteiger partial charge is 0.248 e. The molecule has 0 saturated carbocycles. The van der Waals surface area contributed by atoms with E-state index in [1.165, 1.54) is 36.4 Å². The molecule has 5 nitrogen and oxygen atoms in total. The summed E-state index contributed by atoms with van der Waals surface area (Å²) in [4.78, 5) is 11.1. The van der Waals surface area contributed by atoms with Crippen LogP contribution in [0.25, 0.3) is 0 Å². The number of primary amides is 1. The summed E-state index contributed by atoms with van der Waals surface area (Å²) in [5, 5.41) is 7.90. The predicted molar refractivity (Wildman–Crippen MR) is 76.9 cm³/mol. The van der Waals surface area contributed by atoms with Crippen molar-refractivity contribution in [2.45, 2.75) is 10.1 Å². The van der Waals surface area contributed by atoms with E-state index in [1.54, 1.807) is 24.3 Å². The van der Waals surface area contributed by atoms with Gasteiger partial charge in [0.15, 0.2) is 15.1 Å². The van der Waals surface area contributed by atoms with Crippen LogP contribution in [0.1, 0.15) is 21.2 Å². The van der Waals surface area contributed by atoms with Gasteiger partial charge in [-0.25, -0.2) is 8.42 Å². The van der Waals surface area contributed by atoms with E-state index in [0.717, 1.165) is 0 Å². The predicted octanol–water partition coefficient (Wildman–Crippen LogP) is 1.82. The van der Waals surface area contributed by atoms with Crippen LogP contribution in [0.4, 0.5) is 0 Å². The van der Waals surface area contributed by atoms with Gasteiger partial charge in [0.2, 0.25) is 5.91 Å². The van der Waals surface area contributed by atoms with Crippen LogP contribution in [0, 0.1) is 11.3 Å². The zero-order chi connectivity index (χ0) is 15.5. The maximum absolute atomic E-state index is 12.5. The Morgan fingerprint density at radius 3 is 2.10 bits per heavy atom. The molecular formula is C15H12N2O3S. The molecule has 0 aliphatic rings. The van der Waals surface area contributed by atoms with Crippen LogP contribution in [-0.2, 0) is 9.84 Å². The lowest BCUT2D eigenvalue weighted by atomic mass is 10.1. The first-order valence-corrected chi connectivity index (χ1v) is 7.60. The number of rotatable bonds is 4. The summed E-state index contributed by atoms with van der Waals surface area (Å²) in [5.41, 5.74) is 5.68. The van der Waals surface area contributed by atoms with Crippen molar-refractivity contribution in [1.82, 2.24) is 0 Å². The molecule has 0 bridgehead atoms. The molecule has 1 atom stereocenters. The van der Waals surface area contributed by atoms with Crippen molar-refractivity contribution in [3.8, 4) is 6.07 Å². The van der Waals surface area contributed by atoms with E-state index in [2.05, 4.69) is 0 Å². The molecule has 0 aliphatic carbocycles. The molecule has 1 amide bonds. The van der Waals surface area contributed by atoms with Crippen molar-refractivity contribution in [1.29, 1.82) is 5.26 Å². The van der Waals surface area contributed by atoms with Gasteiger partial charge in [0.05, 0.1) is 11.0 Å². The molecule has 21 heavy (non-hydrogen) atoms. The highest BCUT2D eigenvalue weighted by Crippen LogP contribution is 2.28. The summed E-state index contributed by atoms with van der Waals surface area (Å²) in [6.07, 6.45) is 0. The molecule has 0 aromatic heterocycles. The lowest BCUT2D eigenvalue weighted by molar-refractivity contribution is 0.100. The van der Waals surface area contributed by atoms with Crippen LogP contribution >= 0.6 is 0 Å². The van der Waals surface area contributed by atoms with Crippen molar-refractivity contribution < 1.29 is 13.2 Å². The van der Waals surface area contributed by atoms with Gasteiger partial charge in [-0.15, -0.1) is 0 Å². The number of nitriles is 1. The lowest BCUT2D eigenvalue weighted by Gasteiger charge is -2.11. The molecule has 1 unspecified atom stereocenters. The van der Waals surface area contributed by atoms with Crippen molar-refractivity contribution in [3.05, 3.63) is 65.7 Å². The maximum atomic E-state index is 12.5. The van der Waals surface area contributed by atoms with Crippen molar-refractivity contribution in [3.63, 3.8) is 0 Å². The molecule has 0 heterocycles. The maximum Gasteiger partial charge on any atom is 0.248 e. The number of amides is 1. The lowest BCUT2D eigenvalue weighted by Crippen LogP contribution is -2.14. The minimum Gasteiger partial charge on any atom is -0.366 e. The quantitative estimate of drug-likeness (QED) is 0.930. The second-order valence-electron chi connectivity index (χ2n) is 4.35. The van der Waals surface area contributed by atoms with Gasteiger partial charge in [-0.05, 0) is 29.8 Å². The van der Waals surface area contributed by atoms with Crippen LogP contribution in [-0.4, -0.2) is 14.3 Å². The van der Waals surface area contributed by atoms with Gasteiger partial charge in [-0.1, -0.05) is 30.3 Å². The minimum absolute atomic E-state index is 0.0792. The first-order chi connectivity index (χ1) is 9.96. The first kappa shape index (κ1) is 14.8. The summed E-state index contributed by atoms with van der Waals surface area (Å²) in [7, 11) is -3.81. The van der Waals surface area contributed by atoms with Gasteiger partial charge in [0.1, 0.15) is 0 Å². The number of carbonyl (C=O) groups excluding carboxylic acids is 1. The average Bonchev–Trinajstić information content (AvgIpc) is 2.49. The number of carbonyl (C=O) groups is 1. The highest BCUT2D eigenvalue weighted by molar-refractivity contribution is 7.92. The Bertz CT molecular complexity index is 791. The largest absolute Gasteiger partial charge is 0.366 e. The topological polar surface area (TPSA) is 101 Å². The molecule has 0 spiro atoms. The number of nitrogens with two attached hydrogens (primary N) is 1. The van der Waals surface area contributed by atoms with Gasteiger partial charge in [-0.3, -0.25) is 4.79 Å². The van der Waals surface area contributed by atoms with Crippen molar-refractivity contribution in [2.75, 3.05) is 0 Å². The monoisotopic (exact) mass is 300 g/mol. The summed E-state index contributed by atoms with van der Waals surface area (Å²) in [6.45, 7) is 0. The second kappa shape index (κ2) is 5.77. The van der Waals surface area contributed by atoms with Gasteiger partial charge in [0, 0.05) is 5.56 Å². The summed E-state index contributed by atoms with van der Waals surface area (Å²) in [5.74, 6) is -0.610. The number of hydrogen-bond donors (Lipinski definition) is 1. The van der Waals surface area contributed by atoms with Crippen LogP contribution in [0.2, 0.25) is 0 Å². The van der Waals surface area contributed by atoms with E-state index in [-0.39, 0.29) is 10.5 Å². The standard InChI is InChI=1S/C15H12N2O3S/c16-10-14(11-6-8-12(9-7-11)15(17)18)21(19,20)13-4-2-1-3-5-13/h1-9,14H,(H2,17,18). The Labute approximate surface area is 122 Å². The molecule has 2 N–H and O–H groups in total. The van der Waals surface area contributed by atoms with E-state index in [1.807, 2.05) is 0 Å². The third-order valence-electron chi connectivity index (χ3n) is 3.00. The van der Waals surface area contributed by atoms with Gasteiger partial charge < -0.3 is 5.73 Å². The van der Waals surface area contributed by atoms with Crippen molar-refractivity contribution in [2.24, 2.45) is 5.73 Å². The van der Waals surface area contributed by atoms with Crippen LogP contribution < -0.4 is 5.73 Å². The number of nitrogens with zero attached hydrogens (tertiary/aromatic N) is 1. The van der Waals surface area contributed by atoms with E-state index >= 15 is 0 Å². The molecule has 0 aliphatic heterocycles. The van der Waals surface area contributed by atoms with Crippen molar-refractivity contribution >= 4 is 15.7 Å². The highest BCUT2D eigenvalue weighted by atomic mass is 32.2. The molecule has 2 rings (SSSR count). The van der Waals surface area contributed by atoms with Gasteiger partial charge >= 0.3 is 0 Å². The number of sulfone groups is 1. The molecule has 6 heteroatoms. The Kier molecular flexibility index (Phi) is 4.05. The average molecular weight is 300 g/mol. The van der Waals surface area contributed by atoms with Crippen LogP contribution in [0.3, 0.4) is 0 Å². The fourth-order valence-corrected chi connectivity index (χ4v) is 3.35. The minimum atomic E-state index is -3.81. The second-order valence-corrected chi connectivity index (χ2v) is 6.39. The Morgan fingerprint density at radius 2 is 1.62 bits per heavy atom. The molecule has 0 fully saturated rings. The SMILES string of the molecule is N#CC(c1ccc(C(N)=O)cc1)S(=O)(=O)c1ccccc1. The molecule has 106 valence electrons. The van der Waals surface area contributed by atoms with Gasteiger partial charge in [-0.2, -0.15) is 5.26 Å². The Hall–Kier alpha value is -2.65. The van der Waals surface area contributed by atoms with Gasteiger partial charge in [0.25, 0.3) is 0 Å². The molecular weight excluding hydrogens is 288 g/mol. The molecule has 2 aromatic rings. The molecule has 0 saturated heterocycles. The van der Waals surface area contributed by atoms with E-state index in [4.69, 9.17) is 5.73 Å². The first-order valence-electron chi connectivity index (χ1n) is 6.05. The molecule has 0 radical (unpaired) electrons. The molecule has 2 aromatic carbocycles. The number of benzene rings is 2. The summed E-state index contributed by atoms with van der Waals surface area (Å²) < 4.78 is 24.9.